The van der Waals surface area contributed by atoms with E-state index in [1.54, 1.807) is 19.1 Å². The molecule has 0 bridgehead atoms. The molecule has 0 saturated carbocycles. The van der Waals surface area contributed by atoms with Crippen LogP contribution in [0.3, 0.4) is 0 Å². The molecule has 1 aliphatic rings. The highest BCUT2D eigenvalue weighted by atomic mass is 16.6. The largest absolute Gasteiger partial charge is 0.481 e. The number of amides is 1. The molecule has 2 aromatic rings. The van der Waals surface area contributed by atoms with Crippen LogP contribution in [0.5, 0.6) is 0 Å². The first-order valence-corrected chi connectivity index (χ1v) is 7.88. The van der Waals surface area contributed by atoms with Crippen LogP contribution in [0.4, 0.5) is 5.69 Å². The van der Waals surface area contributed by atoms with Gasteiger partial charge in [-0.05, 0) is 38.0 Å². The summed E-state index contributed by atoms with van der Waals surface area (Å²) in [4.78, 5) is 40.7. The second kappa shape index (κ2) is 6.12. The van der Waals surface area contributed by atoms with Gasteiger partial charge in [-0.3, -0.25) is 24.7 Å². The fraction of sp³-hybridized carbons (Fsp3) is 0.353. The normalized spacial score (nSPS) is 20.4. The summed E-state index contributed by atoms with van der Waals surface area (Å²) in [5, 5.41) is 20.9. The van der Waals surface area contributed by atoms with Gasteiger partial charge in [0.1, 0.15) is 0 Å². The second-order valence-electron chi connectivity index (χ2n) is 6.49. The van der Waals surface area contributed by atoms with Crippen LogP contribution in [0.15, 0.2) is 30.5 Å². The summed E-state index contributed by atoms with van der Waals surface area (Å²) < 4.78 is 0. The molecule has 3 rings (SSSR count). The molecule has 1 N–H and O–H groups in total. The van der Waals surface area contributed by atoms with E-state index in [4.69, 9.17) is 0 Å². The summed E-state index contributed by atoms with van der Waals surface area (Å²) in [6.07, 6.45) is 2.57. The van der Waals surface area contributed by atoms with Gasteiger partial charge in [0, 0.05) is 25.4 Å². The van der Waals surface area contributed by atoms with Crippen LogP contribution in [-0.4, -0.2) is 44.9 Å². The fourth-order valence-corrected chi connectivity index (χ4v) is 3.25. The van der Waals surface area contributed by atoms with Crippen molar-refractivity contribution in [2.75, 3.05) is 13.1 Å². The van der Waals surface area contributed by atoms with Crippen molar-refractivity contribution in [3.63, 3.8) is 0 Å². The Hall–Kier alpha value is -3.03. The summed E-state index contributed by atoms with van der Waals surface area (Å²) in [6, 6.07) is 5.81. The van der Waals surface area contributed by atoms with Crippen molar-refractivity contribution in [2.45, 2.75) is 19.8 Å². The van der Waals surface area contributed by atoms with Crippen molar-refractivity contribution in [3.05, 3.63) is 46.1 Å². The van der Waals surface area contributed by atoms with Crippen LogP contribution in [0.2, 0.25) is 0 Å². The van der Waals surface area contributed by atoms with Gasteiger partial charge in [-0.15, -0.1) is 0 Å². The Morgan fingerprint density at radius 1 is 1.36 bits per heavy atom. The van der Waals surface area contributed by atoms with E-state index in [2.05, 4.69) is 4.98 Å². The van der Waals surface area contributed by atoms with E-state index in [-0.39, 0.29) is 34.6 Å². The highest BCUT2D eigenvalue weighted by molar-refractivity contribution is 6.07. The molecule has 1 aromatic carbocycles. The van der Waals surface area contributed by atoms with Crippen molar-refractivity contribution in [2.24, 2.45) is 5.41 Å². The van der Waals surface area contributed by atoms with Crippen molar-refractivity contribution in [1.82, 2.24) is 9.88 Å². The molecule has 0 radical (unpaired) electrons. The van der Waals surface area contributed by atoms with Gasteiger partial charge in [0.25, 0.3) is 11.6 Å². The molecule has 1 unspecified atom stereocenters. The number of aliphatic carboxylic acids is 1. The van der Waals surface area contributed by atoms with E-state index in [0.717, 1.165) is 0 Å². The van der Waals surface area contributed by atoms with Gasteiger partial charge in [0.2, 0.25) is 0 Å². The van der Waals surface area contributed by atoms with Crippen LogP contribution < -0.4 is 0 Å². The van der Waals surface area contributed by atoms with Crippen molar-refractivity contribution >= 4 is 28.5 Å². The lowest BCUT2D eigenvalue weighted by molar-refractivity contribution is -0.383. The lowest BCUT2D eigenvalue weighted by Crippen LogP contribution is -2.48. The monoisotopic (exact) mass is 343 g/mol. The number of carbonyl (C=O) groups is 2. The Bertz CT molecular complexity index is 882. The summed E-state index contributed by atoms with van der Waals surface area (Å²) >= 11 is 0. The molecule has 1 amide bonds. The molecule has 25 heavy (non-hydrogen) atoms. The maximum atomic E-state index is 12.9. The SMILES string of the molecule is CC1(C(=O)O)CCCN(C(=O)c2ccc([N+](=O)[O-])c3cccnc23)C1. The number of non-ortho nitro benzene ring substituents is 1. The van der Waals surface area contributed by atoms with Crippen molar-refractivity contribution in [3.8, 4) is 0 Å². The van der Waals surface area contributed by atoms with E-state index < -0.39 is 16.3 Å². The van der Waals surface area contributed by atoms with E-state index in [9.17, 15) is 24.8 Å². The molecule has 8 heteroatoms. The van der Waals surface area contributed by atoms with E-state index >= 15 is 0 Å². The van der Waals surface area contributed by atoms with Gasteiger partial charge in [-0.25, -0.2) is 0 Å². The zero-order valence-electron chi connectivity index (χ0n) is 13.6. The van der Waals surface area contributed by atoms with Crippen molar-refractivity contribution in [1.29, 1.82) is 0 Å². The summed E-state index contributed by atoms with van der Waals surface area (Å²) in [5.41, 5.74) is -0.605. The van der Waals surface area contributed by atoms with E-state index in [0.29, 0.717) is 19.4 Å². The molecule has 1 saturated heterocycles. The second-order valence-corrected chi connectivity index (χ2v) is 6.49. The zero-order valence-corrected chi connectivity index (χ0v) is 13.6. The molecule has 1 atom stereocenters. The molecule has 0 spiro atoms. The maximum Gasteiger partial charge on any atom is 0.311 e. The number of likely N-dealkylation sites (tertiary alicyclic amines) is 1. The number of hydrogen-bond donors (Lipinski definition) is 1. The topological polar surface area (TPSA) is 114 Å². The summed E-state index contributed by atoms with van der Waals surface area (Å²) in [7, 11) is 0. The molecule has 1 aliphatic heterocycles. The third-order valence-electron chi connectivity index (χ3n) is 4.67. The Labute approximate surface area is 143 Å². The maximum absolute atomic E-state index is 12.9. The van der Waals surface area contributed by atoms with Crippen LogP contribution in [0, 0.1) is 15.5 Å². The van der Waals surface area contributed by atoms with E-state index in [1.807, 2.05) is 0 Å². The third kappa shape index (κ3) is 2.90. The first-order chi connectivity index (χ1) is 11.8. The highest BCUT2D eigenvalue weighted by Gasteiger charge is 2.40. The van der Waals surface area contributed by atoms with Crippen LogP contribution >= 0.6 is 0 Å². The fourth-order valence-electron chi connectivity index (χ4n) is 3.25. The Balaban J connectivity index is 2.02. The molecule has 2 heterocycles. The standard InChI is InChI=1S/C17H17N3O5/c1-17(16(22)23)7-3-9-19(10-17)15(21)12-5-6-13(20(24)25)11-4-2-8-18-14(11)12/h2,4-6,8H,3,7,9-10H2,1H3,(H,22,23). The minimum absolute atomic E-state index is 0.104. The number of benzene rings is 1. The van der Waals surface area contributed by atoms with Crippen LogP contribution in [0.25, 0.3) is 10.9 Å². The number of hydrogen-bond acceptors (Lipinski definition) is 5. The highest BCUT2D eigenvalue weighted by Crippen LogP contribution is 2.32. The molecular weight excluding hydrogens is 326 g/mol. The Kier molecular flexibility index (Phi) is 4.12. The average Bonchev–Trinajstić information content (AvgIpc) is 2.60. The number of nitro groups is 1. The Morgan fingerprint density at radius 3 is 2.80 bits per heavy atom. The number of nitrogens with zero attached hydrogens (tertiary/aromatic N) is 3. The van der Waals surface area contributed by atoms with Gasteiger partial charge < -0.3 is 10.0 Å². The lowest BCUT2D eigenvalue weighted by atomic mass is 9.82. The first kappa shape index (κ1) is 16.8. The number of carboxylic acids is 1. The third-order valence-corrected chi connectivity index (χ3v) is 4.67. The number of rotatable bonds is 3. The predicted molar refractivity (Wildman–Crippen MR) is 89.3 cm³/mol. The summed E-state index contributed by atoms with van der Waals surface area (Å²) in [5.74, 6) is -1.29. The van der Waals surface area contributed by atoms with E-state index in [1.165, 1.54) is 23.2 Å². The molecular formula is C17H17N3O5. The molecule has 0 aliphatic carbocycles. The van der Waals surface area contributed by atoms with Crippen LogP contribution in [0.1, 0.15) is 30.1 Å². The number of pyridine rings is 1. The first-order valence-electron chi connectivity index (χ1n) is 7.88. The molecule has 8 nitrogen and oxygen atoms in total. The average molecular weight is 343 g/mol. The van der Waals surface area contributed by atoms with Gasteiger partial charge in [0.15, 0.2) is 0 Å². The number of piperidine rings is 1. The number of nitro benzene ring substituents is 1. The van der Waals surface area contributed by atoms with Crippen LogP contribution in [-0.2, 0) is 4.79 Å². The molecule has 1 fully saturated rings. The number of carboxylic acid groups (broad SMARTS) is 1. The van der Waals surface area contributed by atoms with Crippen molar-refractivity contribution < 1.29 is 19.6 Å². The predicted octanol–water partition coefficient (Wildman–Crippen LogP) is 2.47. The Morgan fingerprint density at radius 2 is 2.12 bits per heavy atom. The lowest BCUT2D eigenvalue weighted by Gasteiger charge is -2.37. The molecule has 130 valence electrons. The zero-order chi connectivity index (χ0) is 18.2. The van der Waals surface area contributed by atoms with Gasteiger partial charge >= 0.3 is 5.97 Å². The molecule has 1 aromatic heterocycles. The minimum atomic E-state index is -0.988. The summed E-state index contributed by atoms with van der Waals surface area (Å²) in [6.45, 7) is 2.18. The van der Waals surface area contributed by atoms with Gasteiger partial charge in [0.05, 0.1) is 26.8 Å². The number of carbonyl (C=O) groups excluding carboxylic acids is 1. The quantitative estimate of drug-likeness (QED) is 0.676. The number of aromatic nitrogens is 1. The van der Waals surface area contributed by atoms with Gasteiger partial charge in [-0.1, -0.05) is 0 Å². The number of fused-ring (bicyclic) bond motifs is 1. The minimum Gasteiger partial charge on any atom is -0.481 e. The smallest absolute Gasteiger partial charge is 0.311 e. The van der Waals surface area contributed by atoms with Gasteiger partial charge in [-0.2, -0.15) is 0 Å².